The van der Waals surface area contributed by atoms with Crippen molar-refractivity contribution in [3.05, 3.63) is 6.54 Å². The minimum Gasteiger partial charge on any atom is -0.310 e. The molecule has 2 heteroatoms. The van der Waals surface area contributed by atoms with E-state index in [4.69, 9.17) is 0 Å². The van der Waals surface area contributed by atoms with Crippen LogP contribution in [0.5, 0.6) is 0 Å². The van der Waals surface area contributed by atoms with Crippen LogP contribution in [0.15, 0.2) is 0 Å². The van der Waals surface area contributed by atoms with Crippen LogP contribution in [0.25, 0.3) is 0 Å². The third kappa shape index (κ3) is 3.73. The molecule has 1 heterocycles. The zero-order valence-electron chi connectivity index (χ0n) is 7.47. The smallest absolute Gasteiger partial charge is 0.0362 e. The van der Waals surface area contributed by atoms with Gasteiger partial charge in [0.1, 0.15) is 0 Å². The molecule has 0 atom stereocenters. The minimum atomic E-state index is 1.13. The van der Waals surface area contributed by atoms with Crippen LogP contribution in [0.2, 0.25) is 0 Å². The summed E-state index contributed by atoms with van der Waals surface area (Å²) in [6.45, 7) is 9.18. The third-order valence-electron chi connectivity index (χ3n) is 2.14. The Morgan fingerprint density at radius 2 is 2.36 bits per heavy atom. The van der Waals surface area contributed by atoms with Crippen LogP contribution in [0.4, 0.5) is 0 Å². The number of unbranched alkanes of at least 4 members (excludes halogenated alkanes) is 2. The van der Waals surface area contributed by atoms with Crippen LogP contribution in [0, 0.1) is 6.54 Å². The first-order valence-electron chi connectivity index (χ1n) is 4.71. The minimum absolute atomic E-state index is 1.13. The predicted octanol–water partition coefficient (Wildman–Crippen LogP) is 1.24. The Balaban J connectivity index is 1.96. The van der Waals surface area contributed by atoms with E-state index in [1.54, 1.807) is 0 Å². The molecular formula is C9H19N2. The monoisotopic (exact) mass is 155 g/mol. The Bertz CT molecular complexity index is 87.6. The lowest BCUT2D eigenvalue weighted by Gasteiger charge is -2.26. The molecule has 0 bridgehead atoms. The molecule has 1 rings (SSSR count). The van der Waals surface area contributed by atoms with Crippen molar-refractivity contribution in [3.8, 4) is 0 Å². The molecule has 1 radical (unpaired) electrons. The fourth-order valence-electron chi connectivity index (χ4n) is 1.40. The Morgan fingerprint density at radius 3 is 3.00 bits per heavy atom. The average Bonchev–Trinajstić information content (AvgIpc) is 2.07. The SMILES string of the molecule is CCCCCN1C[CH]NCC1. The molecular weight excluding hydrogens is 136 g/mol. The number of nitrogens with zero attached hydrogens (tertiary/aromatic N) is 1. The van der Waals surface area contributed by atoms with Gasteiger partial charge in [-0.25, -0.2) is 0 Å². The first-order valence-corrected chi connectivity index (χ1v) is 4.71. The van der Waals surface area contributed by atoms with Crippen molar-refractivity contribution in [3.63, 3.8) is 0 Å². The van der Waals surface area contributed by atoms with E-state index in [9.17, 15) is 0 Å². The van der Waals surface area contributed by atoms with E-state index in [1.807, 2.05) is 0 Å². The van der Waals surface area contributed by atoms with Crippen molar-refractivity contribution in [2.24, 2.45) is 0 Å². The maximum Gasteiger partial charge on any atom is 0.0362 e. The molecule has 0 unspecified atom stereocenters. The highest BCUT2D eigenvalue weighted by molar-refractivity contribution is 4.75. The molecule has 0 amide bonds. The van der Waals surface area contributed by atoms with Gasteiger partial charge in [-0.05, 0) is 13.0 Å². The lowest BCUT2D eigenvalue weighted by molar-refractivity contribution is 0.258. The Hall–Kier alpha value is -0.0800. The molecule has 1 fully saturated rings. The van der Waals surface area contributed by atoms with Gasteiger partial charge in [0, 0.05) is 26.2 Å². The summed E-state index contributed by atoms with van der Waals surface area (Å²) >= 11 is 0. The van der Waals surface area contributed by atoms with Gasteiger partial charge in [0.05, 0.1) is 0 Å². The molecule has 0 aromatic carbocycles. The quantitative estimate of drug-likeness (QED) is 0.615. The maximum absolute atomic E-state index is 3.24. The predicted molar refractivity (Wildman–Crippen MR) is 48.3 cm³/mol. The molecule has 0 aromatic heterocycles. The largest absolute Gasteiger partial charge is 0.310 e. The van der Waals surface area contributed by atoms with Gasteiger partial charge in [0.15, 0.2) is 0 Å². The van der Waals surface area contributed by atoms with Gasteiger partial charge in [-0.15, -0.1) is 0 Å². The lowest BCUT2D eigenvalue weighted by atomic mass is 10.2. The molecule has 1 aliphatic heterocycles. The standard InChI is InChI=1S/C9H19N2/c1-2-3-4-7-11-8-5-10-6-9-11/h5,10H,2-4,6-9H2,1H3. The van der Waals surface area contributed by atoms with Gasteiger partial charge in [-0.1, -0.05) is 19.8 Å². The first-order chi connectivity index (χ1) is 5.43. The van der Waals surface area contributed by atoms with Crippen LogP contribution < -0.4 is 5.32 Å². The Kier molecular flexibility index (Phi) is 4.55. The van der Waals surface area contributed by atoms with E-state index in [0.717, 1.165) is 13.1 Å². The second-order valence-electron chi connectivity index (χ2n) is 3.17. The van der Waals surface area contributed by atoms with Gasteiger partial charge in [-0.3, -0.25) is 0 Å². The van der Waals surface area contributed by atoms with Gasteiger partial charge in [0.25, 0.3) is 0 Å². The second kappa shape index (κ2) is 5.56. The van der Waals surface area contributed by atoms with Gasteiger partial charge >= 0.3 is 0 Å². The third-order valence-corrected chi connectivity index (χ3v) is 2.14. The zero-order chi connectivity index (χ0) is 7.94. The molecule has 0 saturated carbocycles. The number of hydrogen-bond acceptors (Lipinski definition) is 2. The van der Waals surface area contributed by atoms with Crippen molar-refractivity contribution in [2.45, 2.75) is 26.2 Å². The van der Waals surface area contributed by atoms with E-state index in [2.05, 4.69) is 23.7 Å². The van der Waals surface area contributed by atoms with Crippen molar-refractivity contribution in [2.75, 3.05) is 26.2 Å². The van der Waals surface area contributed by atoms with Crippen LogP contribution in [0.3, 0.4) is 0 Å². The summed E-state index contributed by atoms with van der Waals surface area (Å²) in [7, 11) is 0. The summed E-state index contributed by atoms with van der Waals surface area (Å²) in [5.74, 6) is 0. The van der Waals surface area contributed by atoms with E-state index in [0.29, 0.717) is 0 Å². The van der Waals surface area contributed by atoms with Crippen molar-refractivity contribution < 1.29 is 0 Å². The molecule has 1 N–H and O–H groups in total. The van der Waals surface area contributed by atoms with Crippen molar-refractivity contribution in [1.29, 1.82) is 0 Å². The summed E-state index contributed by atoms with van der Waals surface area (Å²) < 4.78 is 0. The fourth-order valence-corrected chi connectivity index (χ4v) is 1.40. The topological polar surface area (TPSA) is 15.3 Å². The molecule has 1 saturated heterocycles. The van der Waals surface area contributed by atoms with E-state index in [-0.39, 0.29) is 0 Å². The van der Waals surface area contributed by atoms with Crippen molar-refractivity contribution >= 4 is 0 Å². The van der Waals surface area contributed by atoms with Gasteiger partial charge < -0.3 is 10.2 Å². The van der Waals surface area contributed by atoms with Crippen molar-refractivity contribution in [1.82, 2.24) is 10.2 Å². The molecule has 0 aromatic rings. The molecule has 0 spiro atoms. The lowest BCUT2D eigenvalue weighted by Crippen LogP contribution is -2.40. The summed E-state index contributed by atoms with van der Waals surface area (Å²) in [5, 5.41) is 3.24. The molecule has 0 aliphatic carbocycles. The Morgan fingerprint density at radius 1 is 1.45 bits per heavy atom. The number of nitrogens with one attached hydrogen (secondary N) is 1. The summed E-state index contributed by atoms with van der Waals surface area (Å²) in [6.07, 6.45) is 4.07. The normalized spacial score (nSPS) is 20.5. The highest BCUT2D eigenvalue weighted by Gasteiger charge is 2.07. The molecule has 2 nitrogen and oxygen atoms in total. The fraction of sp³-hybridized carbons (Fsp3) is 0.889. The summed E-state index contributed by atoms with van der Waals surface area (Å²) in [5.41, 5.74) is 0. The Labute approximate surface area is 70.0 Å². The summed E-state index contributed by atoms with van der Waals surface area (Å²) in [4.78, 5) is 2.51. The maximum atomic E-state index is 3.24. The summed E-state index contributed by atoms with van der Waals surface area (Å²) in [6, 6.07) is 0. The molecule has 11 heavy (non-hydrogen) atoms. The number of hydrogen-bond donors (Lipinski definition) is 1. The van der Waals surface area contributed by atoms with Crippen LogP contribution in [-0.2, 0) is 0 Å². The zero-order valence-corrected chi connectivity index (χ0v) is 7.47. The average molecular weight is 155 g/mol. The van der Waals surface area contributed by atoms with E-state index >= 15 is 0 Å². The number of piperazine rings is 1. The van der Waals surface area contributed by atoms with Crippen LogP contribution in [0.1, 0.15) is 26.2 Å². The van der Waals surface area contributed by atoms with Crippen LogP contribution >= 0.6 is 0 Å². The first kappa shape index (κ1) is 9.01. The second-order valence-corrected chi connectivity index (χ2v) is 3.17. The van der Waals surface area contributed by atoms with E-state index < -0.39 is 0 Å². The van der Waals surface area contributed by atoms with Gasteiger partial charge in [0.2, 0.25) is 0 Å². The number of rotatable bonds is 4. The highest BCUT2D eigenvalue weighted by Crippen LogP contribution is 2.00. The molecule has 65 valence electrons. The van der Waals surface area contributed by atoms with Gasteiger partial charge in [-0.2, -0.15) is 0 Å². The highest BCUT2D eigenvalue weighted by atomic mass is 15.2. The molecule has 1 aliphatic rings. The van der Waals surface area contributed by atoms with E-state index in [1.165, 1.54) is 32.4 Å². The van der Waals surface area contributed by atoms with Crippen LogP contribution in [-0.4, -0.2) is 31.1 Å².